The van der Waals surface area contributed by atoms with Gasteiger partial charge in [-0.1, -0.05) is 0 Å². The highest BCUT2D eigenvalue weighted by Crippen LogP contribution is 2.20. The van der Waals surface area contributed by atoms with Crippen LogP contribution in [-0.2, 0) is 13.7 Å². The van der Waals surface area contributed by atoms with Gasteiger partial charge in [0.25, 0.3) is 0 Å². The molecule has 0 bridgehead atoms. The van der Waals surface area contributed by atoms with Gasteiger partial charge < -0.3 is 9.15 Å². The Morgan fingerprint density at radius 1 is 1.55 bits per heavy atom. The Bertz CT molecular complexity index is 829. The van der Waals surface area contributed by atoms with Gasteiger partial charge in [0, 0.05) is 19.3 Å². The number of ether oxygens (including phenoxy) is 1. The number of nitrogens with one attached hydrogen (secondary N) is 1. The summed E-state index contributed by atoms with van der Waals surface area (Å²) in [5, 5.41) is 12.1. The Labute approximate surface area is 114 Å². The molecule has 0 aliphatic rings. The van der Waals surface area contributed by atoms with Crippen LogP contribution in [0.3, 0.4) is 0 Å². The van der Waals surface area contributed by atoms with Crippen LogP contribution in [0.15, 0.2) is 27.7 Å². The van der Waals surface area contributed by atoms with E-state index in [4.69, 9.17) is 10.6 Å². The van der Waals surface area contributed by atoms with Crippen molar-refractivity contribution >= 4 is 0 Å². The molecule has 0 fully saturated rings. The van der Waals surface area contributed by atoms with Crippen molar-refractivity contribution in [3.63, 3.8) is 0 Å². The Kier molecular flexibility index (Phi) is 2.58. The molecule has 3 aromatic rings. The Morgan fingerprint density at radius 2 is 2.40 bits per heavy atom. The highest BCUT2D eigenvalue weighted by Gasteiger charge is 2.17. The van der Waals surface area contributed by atoms with Crippen molar-refractivity contribution in [2.24, 2.45) is 7.05 Å². The molecule has 1 N–H and O–H groups in total. The van der Waals surface area contributed by atoms with E-state index >= 15 is 0 Å². The van der Waals surface area contributed by atoms with Gasteiger partial charge in [0.2, 0.25) is 5.88 Å². The van der Waals surface area contributed by atoms with E-state index in [1.807, 2.05) is 0 Å². The molecule has 0 saturated carbocycles. The smallest absolute Gasteiger partial charge is 0.368 e. The normalized spacial score (nSPS) is 11.6. The van der Waals surface area contributed by atoms with Gasteiger partial charge in [-0.3, -0.25) is 5.09 Å². The molecule has 3 aromatic heterocycles. The lowest BCUT2D eigenvalue weighted by atomic mass is 10.2. The van der Waals surface area contributed by atoms with Crippen LogP contribution in [0.2, 0.25) is 1.41 Å². The van der Waals surface area contributed by atoms with Crippen molar-refractivity contribution in [2.45, 2.75) is 13.5 Å². The van der Waals surface area contributed by atoms with Crippen molar-refractivity contribution in [1.82, 2.24) is 30.0 Å². The second-order valence-corrected chi connectivity index (χ2v) is 4.11. The maximum Gasteiger partial charge on any atom is 0.368 e. The number of aryl methyl sites for hydroxylation is 2. The van der Waals surface area contributed by atoms with Crippen LogP contribution in [-0.4, -0.2) is 30.0 Å². The third-order valence-electron chi connectivity index (χ3n) is 2.84. The van der Waals surface area contributed by atoms with Crippen molar-refractivity contribution < 1.29 is 10.6 Å². The van der Waals surface area contributed by atoms with Crippen LogP contribution in [0.25, 0.3) is 5.69 Å². The summed E-state index contributed by atoms with van der Waals surface area (Å²) in [6.07, 6.45) is 2.87. The van der Waals surface area contributed by atoms with E-state index in [0.717, 1.165) is 14.5 Å². The quantitative estimate of drug-likeness (QED) is 0.729. The zero-order valence-corrected chi connectivity index (χ0v) is 10.8. The number of tetrazole rings is 1. The molecule has 3 heterocycles. The summed E-state index contributed by atoms with van der Waals surface area (Å²) in [7, 11) is 1.51. The minimum absolute atomic E-state index is 0.137. The summed E-state index contributed by atoms with van der Waals surface area (Å²) in [6, 6.07) is 1.57. The van der Waals surface area contributed by atoms with Crippen LogP contribution in [0.1, 0.15) is 11.3 Å². The van der Waals surface area contributed by atoms with E-state index in [9.17, 15) is 4.79 Å². The number of nitrogens with zero attached hydrogens (tertiary/aromatic N) is 5. The summed E-state index contributed by atoms with van der Waals surface area (Å²) in [6.45, 7) is 1.89. The standard InChI is InChI=1S/C11H12N6O3/c1-7-8(5-20-10-3-4-12-13-10)9(6-19-7)17-11(18)16(2)14-15-17/h3-4,6H,5H2,1-2H3,(H,12,13)/i/hT. The predicted octanol–water partition coefficient (Wildman–Crippen LogP) is 0.170. The predicted molar refractivity (Wildman–Crippen MR) is 66.5 cm³/mol. The molecule has 0 radical (unpaired) electrons. The number of H-pyrrole nitrogens is 1. The summed E-state index contributed by atoms with van der Waals surface area (Å²) in [5.41, 5.74) is 0.750. The number of rotatable bonds is 4. The van der Waals surface area contributed by atoms with Crippen LogP contribution < -0.4 is 10.4 Å². The summed E-state index contributed by atoms with van der Waals surface area (Å²) >= 11 is 0. The first-order valence-electron chi connectivity index (χ1n) is 6.25. The number of furan rings is 1. The average molecular weight is 278 g/mol. The van der Waals surface area contributed by atoms with E-state index in [1.54, 1.807) is 13.0 Å². The van der Waals surface area contributed by atoms with Crippen LogP contribution in [0.5, 0.6) is 5.88 Å². The fourth-order valence-corrected chi connectivity index (χ4v) is 1.73. The molecule has 9 heteroatoms. The second kappa shape index (κ2) is 4.68. The van der Waals surface area contributed by atoms with Crippen molar-refractivity contribution in [3.8, 4) is 11.6 Å². The van der Waals surface area contributed by atoms with E-state index in [-0.39, 0.29) is 12.3 Å². The fourth-order valence-electron chi connectivity index (χ4n) is 1.73. The minimum Gasteiger partial charge on any atom is -0.472 e. The summed E-state index contributed by atoms with van der Waals surface area (Å²) in [4.78, 5) is 11.9. The molecule has 0 aromatic carbocycles. The van der Waals surface area contributed by atoms with Gasteiger partial charge in [-0.2, -0.15) is 9.36 Å². The lowest BCUT2D eigenvalue weighted by molar-refractivity contribution is 0.290. The molecule has 104 valence electrons. The van der Waals surface area contributed by atoms with Crippen molar-refractivity contribution in [3.05, 3.63) is 40.3 Å². The van der Waals surface area contributed by atoms with E-state index in [1.165, 1.54) is 19.5 Å². The number of hydrogen-bond donors (Lipinski definition) is 1. The van der Waals surface area contributed by atoms with E-state index in [0.29, 0.717) is 22.9 Å². The van der Waals surface area contributed by atoms with Gasteiger partial charge in [0.05, 0.1) is 5.56 Å². The average Bonchev–Trinajstić information content (AvgIpc) is 3.11. The molecule has 0 amide bonds. The molecule has 20 heavy (non-hydrogen) atoms. The third kappa shape index (κ3) is 1.98. The third-order valence-corrected chi connectivity index (χ3v) is 2.84. The Morgan fingerprint density at radius 3 is 3.05 bits per heavy atom. The lowest BCUT2D eigenvalue weighted by Crippen LogP contribution is -2.22. The fraction of sp³-hybridized carbons (Fsp3) is 0.273. The molecule has 0 saturated heterocycles. The highest BCUT2D eigenvalue weighted by molar-refractivity contribution is 5.39. The van der Waals surface area contributed by atoms with Gasteiger partial charge in [0.15, 0.2) is 1.41 Å². The second-order valence-electron chi connectivity index (χ2n) is 4.11. The molecule has 0 aliphatic carbocycles. The van der Waals surface area contributed by atoms with Crippen LogP contribution >= 0.6 is 0 Å². The highest BCUT2D eigenvalue weighted by atomic mass is 16.5. The topological polar surface area (TPSA) is 104 Å². The summed E-state index contributed by atoms with van der Waals surface area (Å²) in [5.74, 6) is 0.913. The SMILES string of the molecule is [3H]n1ccc(OCc2c(-n3nnn(C)c3=O)coc2C)n1. The maximum absolute atomic E-state index is 11.9. The van der Waals surface area contributed by atoms with Crippen molar-refractivity contribution in [1.29, 1.82) is 0 Å². The molecule has 0 aliphatic heterocycles. The van der Waals surface area contributed by atoms with E-state index < -0.39 is 0 Å². The molecule has 0 unspecified atom stereocenters. The molecular weight excluding hydrogens is 264 g/mol. The van der Waals surface area contributed by atoms with Crippen LogP contribution in [0.4, 0.5) is 0 Å². The molecule has 9 nitrogen and oxygen atoms in total. The number of hydrogen-bond acceptors (Lipinski definition) is 6. The lowest BCUT2D eigenvalue weighted by Gasteiger charge is -2.03. The molecule has 0 atom stereocenters. The first-order valence-corrected chi connectivity index (χ1v) is 5.80. The van der Waals surface area contributed by atoms with Crippen LogP contribution in [0, 0.1) is 6.92 Å². The maximum atomic E-state index is 11.9. The monoisotopic (exact) mass is 278 g/mol. The largest absolute Gasteiger partial charge is 0.472 e. The Hall–Kier alpha value is -2.84. The van der Waals surface area contributed by atoms with E-state index in [2.05, 4.69) is 15.5 Å². The number of aromatic nitrogens is 6. The minimum atomic E-state index is -0.382. The van der Waals surface area contributed by atoms with Gasteiger partial charge in [-0.25, -0.2) is 4.79 Å². The molecule has 3 rings (SSSR count). The van der Waals surface area contributed by atoms with Gasteiger partial charge in [-0.05, 0) is 17.4 Å². The first kappa shape index (κ1) is 11.0. The zero-order chi connectivity index (χ0) is 15.0. The first-order chi connectivity index (χ1) is 10.1. The zero-order valence-electron chi connectivity index (χ0n) is 11.8. The van der Waals surface area contributed by atoms with Crippen molar-refractivity contribution in [2.75, 3.05) is 0 Å². The van der Waals surface area contributed by atoms with Gasteiger partial charge in [0.1, 0.15) is 24.3 Å². The number of aromatic amines is 1. The van der Waals surface area contributed by atoms with Gasteiger partial charge in [-0.15, -0.1) is 5.10 Å². The molecular formula is C11H12N6O3. The molecule has 0 spiro atoms. The summed E-state index contributed by atoms with van der Waals surface area (Å²) < 4.78 is 20.3. The van der Waals surface area contributed by atoms with Gasteiger partial charge >= 0.3 is 5.69 Å². The Balaban J connectivity index is 1.90.